The first-order valence-electron chi connectivity index (χ1n) is 35.9. The Kier molecular flexibility index (Phi) is 15.8. The van der Waals surface area contributed by atoms with Crippen LogP contribution in [0.4, 0.5) is 56.9 Å². The lowest BCUT2D eigenvalue weighted by Gasteiger charge is -2.09. The minimum absolute atomic E-state index is 0.376. The van der Waals surface area contributed by atoms with Gasteiger partial charge in [0.2, 0.25) is 65.1 Å². The van der Waals surface area contributed by atoms with Gasteiger partial charge in [0.1, 0.15) is 61.6 Å². The molecule has 22 heteroatoms. The third-order valence-corrected chi connectivity index (χ3v) is 22.0. The number of rotatable bonds is 0. The van der Waals surface area contributed by atoms with Crippen LogP contribution in [-0.2, 0) is 32.7 Å². The Hall–Kier alpha value is -16.6. The lowest BCUT2D eigenvalue weighted by Crippen LogP contribution is -2.36. The van der Waals surface area contributed by atoms with Crippen molar-refractivity contribution < 1.29 is 27.8 Å². The summed E-state index contributed by atoms with van der Waals surface area (Å²) >= 11 is 0. The molecule has 0 fully saturated rings. The SMILES string of the molecule is [C-]#[N+]c1cc([N+]#[C-])c2c(c1)c[n+]1n2-c2cc(C)ccc2C1.[C-]#[N+]c1cc([N+]#[C-])c2c(c1)c[n+]1n2-c2ccccc2C1.[C-]#[N+]c1ccc2c[n+]3n(c2c1[N+]#[C-])-c1c(C)cc(C)c(C)c1C3.[C-]#[N+]c1ccc2c[n+]3n(c2c1[N+]#[C-])-c1c(C)ccc(C)c1C3.[C-]#[N+]c1ccc2c[n+]3n(c2c1[N+]#[C-])-c1cc2oc4ncccc4c2cc1C3. The van der Waals surface area contributed by atoms with Crippen molar-refractivity contribution in [1.29, 1.82) is 0 Å². The Morgan fingerprint density at radius 1 is 0.336 bits per heavy atom. The van der Waals surface area contributed by atoms with Crippen LogP contribution in [0.5, 0.6) is 0 Å². The van der Waals surface area contributed by atoms with Gasteiger partial charge >= 0.3 is 0 Å². The fourth-order valence-corrected chi connectivity index (χ4v) is 16.8. The van der Waals surface area contributed by atoms with Crippen molar-refractivity contribution in [2.75, 3.05) is 0 Å². The highest BCUT2D eigenvalue weighted by atomic mass is 16.3. The number of fused-ring (bicyclic) bond motifs is 28. The number of aryl methyl sites for hydroxylation is 5. The van der Waals surface area contributed by atoms with Crippen LogP contribution < -0.4 is 23.4 Å². The molecule has 0 saturated carbocycles. The molecular formula is C91H58N21O+5. The molecule has 17 aromatic rings. The van der Waals surface area contributed by atoms with Gasteiger partial charge in [-0.25, -0.2) is 38.9 Å². The smallest absolute Gasteiger partial charge is 0.227 e. The average molecular weight is 1460 g/mol. The second kappa shape index (κ2) is 26.1. The summed E-state index contributed by atoms with van der Waals surface area (Å²) in [6, 6.07) is 47.1. The van der Waals surface area contributed by atoms with E-state index in [1.165, 1.54) is 55.6 Å². The van der Waals surface area contributed by atoms with Gasteiger partial charge in [0.05, 0.1) is 93.0 Å². The Bertz CT molecular complexity index is 7700. The third-order valence-electron chi connectivity index (χ3n) is 22.0. The normalized spacial score (nSPS) is 11.9. The van der Waals surface area contributed by atoms with Crippen LogP contribution in [-0.4, -0.2) is 28.4 Å². The molecule has 0 unspecified atom stereocenters. The topological polar surface area (TPSA) is 114 Å². The maximum atomic E-state index is 7.59. The van der Waals surface area contributed by atoms with Gasteiger partial charge in [-0.15, -0.1) is 46.8 Å². The van der Waals surface area contributed by atoms with Gasteiger partial charge in [-0.1, -0.05) is 84.9 Å². The molecule has 10 aromatic carbocycles. The fourth-order valence-electron chi connectivity index (χ4n) is 16.8. The Morgan fingerprint density at radius 2 is 0.805 bits per heavy atom. The van der Waals surface area contributed by atoms with Gasteiger partial charge in [-0.3, -0.25) is 14.5 Å². The van der Waals surface area contributed by atoms with Crippen LogP contribution in [0.1, 0.15) is 61.2 Å². The van der Waals surface area contributed by atoms with Crippen molar-refractivity contribution in [3.63, 3.8) is 0 Å². The number of nitrogens with zero attached hydrogens (tertiary/aromatic N) is 21. The number of aromatic nitrogens is 11. The zero-order chi connectivity index (χ0) is 78.1. The summed E-state index contributed by atoms with van der Waals surface area (Å²) < 4.78 is 26.9. The van der Waals surface area contributed by atoms with E-state index in [4.69, 9.17) is 70.1 Å². The minimum atomic E-state index is 0.376. The van der Waals surface area contributed by atoms with E-state index < -0.39 is 0 Å². The van der Waals surface area contributed by atoms with Crippen molar-refractivity contribution in [2.24, 2.45) is 0 Å². The van der Waals surface area contributed by atoms with Crippen LogP contribution >= 0.6 is 0 Å². The molecular weight excluding hydrogens is 1400 g/mol. The number of pyridine rings is 1. The number of benzene rings is 10. The standard InChI is InChI=1S/C21H10N5O.C19H15N4.C18H13N4.C17H11N4.C16H9N4/c1-22-16-6-5-12-10-25-11-13-8-15-14-4-3-7-24-21(14)27-18(15)9-17(13)26(25)20(12)19(16)23-2;1-11-8-12(2)18-15(13(11)3)10-22-9-14-6-7-16(20-4)17(21-5)19(14)23(18)22;1-11-5-6-12(2)17-14(11)10-21-9-13-7-8-15(19-3)16(20-4)18(13)22(17)21;1-11-4-5-12-9-20-10-13-7-14(18-2)8-15(19-3)17(13)21(20)16(12)6-11;1-17-13-7-12-10-19-9-11-5-3-4-6-15(11)20(19)16(12)14(8-13)18-2/h3-10H,11H2;6-9H,10H2,1-3H3;5-9H,10H2,1-2H3;4-8,10H,9H2,1H3;3-8,10H,9H2/q5*+1. The summed E-state index contributed by atoms with van der Waals surface area (Å²) in [6.45, 7) is 90.4. The number of hydrogen-bond acceptors (Lipinski definition) is 2. The van der Waals surface area contributed by atoms with Crippen LogP contribution in [0, 0.1) is 107 Å². The molecule has 12 heterocycles. The predicted octanol–water partition coefficient (Wildman–Crippen LogP) is 20.1. The first kappa shape index (κ1) is 68.2. The number of hydrogen-bond donors (Lipinski definition) is 0. The molecule has 5 aliphatic heterocycles. The molecule has 0 N–H and O–H groups in total. The average Bonchev–Trinajstić information content (AvgIpc) is 1.59. The molecule has 0 aliphatic carbocycles. The summed E-state index contributed by atoms with van der Waals surface area (Å²) in [4.78, 5) is 39.9. The van der Waals surface area contributed by atoms with Gasteiger partial charge in [-0.2, -0.15) is 0 Å². The molecule has 5 aliphatic rings. The molecule has 528 valence electrons. The molecule has 113 heavy (non-hydrogen) atoms. The highest BCUT2D eigenvalue weighted by Crippen LogP contribution is 2.45. The Labute approximate surface area is 647 Å². The number of furan rings is 1. The van der Waals surface area contributed by atoms with Crippen LogP contribution in [0.25, 0.3) is 153 Å². The van der Waals surface area contributed by atoms with E-state index in [1.807, 2.05) is 83.9 Å². The molecule has 0 saturated heterocycles. The molecule has 0 bridgehead atoms. The van der Waals surface area contributed by atoms with Gasteiger partial charge in [0.15, 0.2) is 61.2 Å². The van der Waals surface area contributed by atoms with Crippen molar-refractivity contribution in [3.8, 4) is 28.4 Å². The molecule has 22 nitrogen and oxygen atoms in total. The largest absolute Gasteiger partial charge is 0.438 e. The highest BCUT2D eigenvalue weighted by molar-refractivity contribution is 6.06. The lowest BCUT2D eigenvalue weighted by molar-refractivity contribution is -0.749. The Morgan fingerprint density at radius 3 is 1.35 bits per heavy atom. The maximum absolute atomic E-state index is 7.59. The van der Waals surface area contributed by atoms with Crippen molar-refractivity contribution in [1.82, 2.24) is 28.4 Å². The zero-order valence-corrected chi connectivity index (χ0v) is 61.7. The molecule has 0 amide bonds. The van der Waals surface area contributed by atoms with E-state index in [2.05, 4.69) is 204 Å². The van der Waals surface area contributed by atoms with Gasteiger partial charge < -0.3 is 4.42 Å². The summed E-state index contributed by atoms with van der Waals surface area (Å²) in [5, 5.41) is 6.89. The summed E-state index contributed by atoms with van der Waals surface area (Å²) in [5.41, 5.74) is 29.5. The first-order valence-corrected chi connectivity index (χ1v) is 35.9. The maximum Gasteiger partial charge on any atom is 0.227 e. The lowest BCUT2D eigenvalue weighted by atomic mass is 9.98. The minimum Gasteiger partial charge on any atom is -0.438 e. The molecule has 0 radical (unpaired) electrons. The summed E-state index contributed by atoms with van der Waals surface area (Å²) in [7, 11) is 0. The zero-order valence-electron chi connectivity index (χ0n) is 61.7. The third kappa shape index (κ3) is 10.4. The highest BCUT2D eigenvalue weighted by Gasteiger charge is 2.38. The quantitative estimate of drug-likeness (QED) is 0.111. The van der Waals surface area contributed by atoms with Crippen LogP contribution in [0.15, 0.2) is 187 Å². The van der Waals surface area contributed by atoms with E-state index in [9.17, 15) is 0 Å². The van der Waals surface area contributed by atoms with Crippen molar-refractivity contribution in [3.05, 3.63) is 358 Å². The predicted molar refractivity (Wildman–Crippen MR) is 429 cm³/mol. The Balaban J connectivity index is 0.0000000988. The van der Waals surface area contributed by atoms with E-state index in [0.29, 0.717) is 69.1 Å². The molecule has 7 aromatic heterocycles. The second-order valence-electron chi connectivity index (χ2n) is 28.4. The van der Waals surface area contributed by atoms with Crippen LogP contribution in [0.2, 0.25) is 0 Å². The second-order valence-corrected chi connectivity index (χ2v) is 28.4. The monoisotopic (exact) mass is 1460 g/mol. The van der Waals surface area contributed by atoms with Crippen LogP contribution in [0.3, 0.4) is 0 Å². The fraction of sp³-hybridized carbons (Fsp3) is 0.121. The van der Waals surface area contributed by atoms with Crippen molar-refractivity contribution in [2.45, 2.75) is 74.3 Å². The van der Waals surface area contributed by atoms with Crippen molar-refractivity contribution >= 4 is 133 Å². The van der Waals surface area contributed by atoms with Gasteiger partial charge in [0.25, 0.3) is 0 Å². The van der Waals surface area contributed by atoms with Gasteiger partial charge in [0, 0.05) is 50.5 Å². The molecule has 22 rings (SSSR count). The molecule has 0 atom stereocenters. The van der Waals surface area contributed by atoms with E-state index in [-0.39, 0.29) is 0 Å². The molecule has 0 spiro atoms. The first-order chi connectivity index (χ1) is 55.0. The summed E-state index contributed by atoms with van der Waals surface area (Å²) in [6.07, 6.45) is 11.9. The van der Waals surface area contributed by atoms with E-state index in [0.717, 1.165) is 131 Å². The van der Waals surface area contributed by atoms with E-state index >= 15 is 0 Å². The van der Waals surface area contributed by atoms with E-state index in [1.54, 1.807) is 36.5 Å². The summed E-state index contributed by atoms with van der Waals surface area (Å²) in [5.74, 6) is 0. The number of para-hydroxylation sites is 1. The van der Waals surface area contributed by atoms with Gasteiger partial charge in [-0.05, 0) is 130 Å².